The first-order chi connectivity index (χ1) is 7.27. The summed E-state index contributed by atoms with van der Waals surface area (Å²) < 4.78 is 0. The van der Waals surface area contributed by atoms with Crippen LogP contribution in [0.15, 0.2) is 11.5 Å². The number of hydrogen-bond donors (Lipinski definition) is 1. The minimum Gasteiger partial charge on any atom is -0.149 e. The van der Waals surface area contributed by atoms with Gasteiger partial charge in [0.15, 0.2) is 0 Å². The van der Waals surface area contributed by atoms with Gasteiger partial charge in [-0.25, -0.2) is 0 Å². The molecule has 0 spiro atoms. The Labute approximate surface area is 102 Å². The Kier molecular flexibility index (Phi) is 12.2. The maximum absolute atomic E-state index is 4.19. The van der Waals surface area contributed by atoms with Crippen molar-refractivity contribution in [1.29, 1.82) is 0 Å². The molecule has 15 heavy (non-hydrogen) atoms. The van der Waals surface area contributed by atoms with Crippen molar-refractivity contribution in [3.05, 3.63) is 11.5 Å². The fraction of sp³-hybridized carbons (Fsp3) is 0.857. The van der Waals surface area contributed by atoms with E-state index in [1.165, 1.54) is 64.2 Å². The highest BCUT2D eigenvalue weighted by Gasteiger charge is 1.92. The minimum atomic E-state index is 1.04. The van der Waals surface area contributed by atoms with E-state index in [4.69, 9.17) is 0 Å². The monoisotopic (exact) mass is 228 g/mol. The molecule has 0 bridgehead atoms. The molecular formula is C14H28S. The average Bonchev–Trinajstić information content (AvgIpc) is 2.20. The molecule has 0 N–H and O–H groups in total. The Morgan fingerprint density at radius 2 is 1.20 bits per heavy atom. The summed E-state index contributed by atoms with van der Waals surface area (Å²) in [7, 11) is 0. The minimum absolute atomic E-state index is 1.04. The SMILES string of the molecule is C=C(S)CCCCCCCCCCCC. The van der Waals surface area contributed by atoms with Crippen LogP contribution in [0.2, 0.25) is 0 Å². The number of thiol groups is 1. The van der Waals surface area contributed by atoms with Gasteiger partial charge in [0.2, 0.25) is 0 Å². The van der Waals surface area contributed by atoms with Crippen LogP contribution in [0.1, 0.15) is 77.6 Å². The van der Waals surface area contributed by atoms with Crippen molar-refractivity contribution >= 4 is 12.6 Å². The smallest absolute Gasteiger partial charge is 0.0227 e. The summed E-state index contributed by atoms with van der Waals surface area (Å²) >= 11 is 4.19. The van der Waals surface area contributed by atoms with Crippen LogP contribution in [-0.2, 0) is 0 Å². The van der Waals surface area contributed by atoms with Gasteiger partial charge >= 0.3 is 0 Å². The van der Waals surface area contributed by atoms with Crippen LogP contribution in [0.25, 0.3) is 0 Å². The second-order valence-electron chi connectivity index (χ2n) is 4.50. The van der Waals surface area contributed by atoms with Crippen LogP contribution in [0, 0.1) is 0 Å². The lowest BCUT2D eigenvalue weighted by molar-refractivity contribution is 0.557. The van der Waals surface area contributed by atoms with Gasteiger partial charge in [-0.1, -0.05) is 71.3 Å². The predicted molar refractivity (Wildman–Crippen MR) is 74.6 cm³/mol. The molecule has 0 saturated carbocycles. The first-order valence-corrected chi connectivity index (χ1v) is 7.09. The highest BCUT2D eigenvalue weighted by molar-refractivity contribution is 7.84. The molecule has 0 fully saturated rings. The van der Waals surface area contributed by atoms with Crippen LogP contribution >= 0.6 is 12.6 Å². The Morgan fingerprint density at radius 1 is 0.800 bits per heavy atom. The second kappa shape index (κ2) is 12.2. The van der Waals surface area contributed by atoms with E-state index in [1.54, 1.807) is 0 Å². The van der Waals surface area contributed by atoms with Crippen molar-refractivity contribution in [2.45, 2.75) is 77.6 Å². The zero-order chi connectivity index (χ0) is 11.4. The van der Waals surface area contributed by atoms with E-state index in [2.05, 4.69) is 26.1 Å². The lowest BCUT2D eigenvalue weighted by Crippen LogP contribution is -1.82. The summed E-state index contributed by atoms with van der Waals surface area (Å²) in [6.07, 6.45) is 15.1. The van der Waals surface area contributed by atoms with Gasteiger partial charge in [-0.15, -0.1) is 12.6 Å². The van der Waals surface area contributed by atoms with E-state index in [1.807, 2.05) is 0 Å². The molecule has 0 aliphatic heterocycles. The molecule has 0 aliphatic rings. The predicted octanol–water partition coefficient (Wildman–Crippen LogP) is 5.74. The van der Waals surface area contributed by atoms with Gasteiger partial charge in [-0.05, 0) is 17.7 Å². The first-order valence-electron chi connectivity index (χ1n) is 6.64. The van der Waals surface area contributed by atoms with E-state index < -0.39 is 0 Å². The molecule has 90 valence electrons. The summed E-state index contributed by atoms with van der Waals surface area (Å²) in [5, 5.41) is 0. The standard InChI is InChI=1S/C14H28S/c1-3-4-5-6-7-8-9-10-11-12-13-14(2)15/h15H,2-13H2,1H3. The third-order valence-electron chi connectivity index (χ3n) is 2.82. The summed E-state index contributed by atoms with van der Waals surface area (Å²) in [6.45, 7) is 6.07. The molecule has 0 aromatic rings. The Morgan fingerprint density at radius 3 is 1.60 bits per heavy atom. The Balaban J connectivity index is 2.89. The van der Waals surface area contributed by atoms with Crippen LogP contribution in [0.3, 0.4) is 0 Å². The molecule has 0 amide bonds. The molecule has 0 radical (unpaired) electrons. The molecule has 0 atom stereocenters. The molecule has 0 unspecified atom stereocenters. The van der Waals surface area contributed by atoms with Gasteiger partial charge in [-0.3, -0.25) is 0 Å². The topological polar surface area (TPSA) is 0 Å². The summed E-state index contributed by atoms with van der Waals surface area (Å²) in [6, 6.07) is 0. The Hall–Kier alpha value is 0.0900. The molecule has 0 nitrogen and oxygen atoms in total. The van der Waals surface area contributed by atoms with Gasteiger partial charge < -0.3 is 0 Å². The molecule has 0 aromatic carbocycles. The molecule has 0 saturated heterocycles. The van der Waals surface area contributed by atoms with Gasteiger partial charge in [-0.2, -0.15) is 0 Å². The fourth-order valence-electron chi connectivity index (χ4n) is 1.82. The number of rotatable bonds is 11. The number of unbranched alkanes of at least 4 members (excludes halogenated alkanes) is 9. The third kappa shape index (κ3) is 14.1. The van der Waals surface area contributed by atoms with Crippen LogP contribution in [0.4, 0.5) is 0 Å². The second-order valence-corrected chi connectivity index (χ2v) is 5.13. The van der Waals surface area contributed by atoms with Crippen LogP contribution < -0.4 is 0 Å². The largest absolute Gasteiger partial charge is 0.149 e. The molecule has 0 rings (SSSR count). The van der Waals surface area contributed by atoms with E-state index in [9.17, 15) is 0 Å². The molecule has 0 aromatic heterocycles. The molecule has 1 heteroatoms. The van der Waals surface area contributed by atoms with Gasteiger partial charge in [0.05, 0.1) is 0 Å². The number of allylic oxidation sites excluding steroid dienone is 1. The van der Waals surface area contributed by atoms with Crippen LogP contribution in [-0.4, -0.2) is 0 Å². The summed E-state index contributed by atoms with van der Waals surface area (Å²) in [4.78, 5) is 1.04. The quantitative estimate of drug-likeness (QED) is 0.338. The summed E-state index contributed by atoms with van der Waals surface area (Å²) in [5.74, 6) is 0. The molecule has 0 aliphatic carbocycles. The van der Waals surface area contributed by atoms with Crippen molar-refractivity contribution in [1.82, 2.24) is 0 Å². The van der Waals surface area contributed by atoms with Crippen molar-refractivity contribution in [3.63, 3.8) is 0 Å². The van der Waals surface area contributed by atoms with E-state index in [0.29, 0.717) is 0 Å². The normalized spacial score (nSPS) is 10.5. The lowest BCUT2D eigenvalue weighted by atomic mass is 10.1. The fourth-order valence-corrected chi connectivity index (χ4v) is 1.97. The van der Waals surface area contributed by atoms with Crippen molar-refractivity contribution in [2.75, 3.05) is 0 Å². The summed E-state index contributed by atoms with van der Waals surface area (Å²) in [5.41, 5.74) is 0. The number of hydrogen-bond acceptors (Lipinski definition) is 1. The van der Waals surface area contributed by atoms with E-state index in [0.717, 1.165) is 11.3 Å². The lowest BCUT2D eigenvalue weighted by Gasteiger charge is -2.01. The van der Waals surface area contributed by atoms with Gasteiger partial charge in [0.25, 0.3) is 0 Å². The average molecular weight is 228 g/mol. The maximum atomic E-state index is 4.19. The molecular weight excluding hydrogens is 200 g/mol. The zero-order valence-electron chi connectivity index (χ0n) is 10.4. The van der Waals surface area contributed by atoms with E-state index in [-0.39, 0.29) is 0 Å². The zero-order valence-corrected chi connectivity index (χ0v) is 11.3. The maximum Gasteiger partial charge on any atom is -0.0227 e. The van der Waals surface area contributed by atoms with Crippen molar-refractivity contribution in [3.8, 4) is 0 Å². The van der Waals surface area contributed by atoms with Crippen molar-refractivity contribution < 1.29 is 0 Å². The first kappa shape index (κ1) is 15.1. The van der Waals surface area contributed by atoms with Crippen LogP contribution in [0.5, 0.6) is 0 Å². The molecule has 0 heterocycles. The van der Waals surface area contributed by atoms with Gasteiger partial charge in [0.1, 0.15) is 0 Å². The van der Waals surface area contributed by atoms with Gasteiger partial charge in [0, 0.05) is 0 Å². The van der Waals surface area contributed by atoms with E-state index >= 15 is 0 Å². The Bertz CT molecular complexity index is 140. The third-order valence-corrected chi connectivity index (χ3v) is 3.04. The highest BCUT2D eigenvalue weighted by Crippen LogP contribution is 2.13. The highest BCUT2D eigenvalue weighted by atomic mass is 32.1. The van der Waals surface area contributed by atoms with Crippen molar-refractivity contribution in [2.24, 2.45) is 0 Å².